The second-order valence-corrected chi connectivity index (χ2v) is 5.99. The van der Waals surface area contributed by atoms with E-state index in [0.29, 0.717) is 13.0 Å². The Kier molecular flexibility index (Phi) is 6.34. The molecule has 1 aromatic carbocycles. The fraction of sp³-hybridized carbons (Fsp3) is 0.556. The second kappa shape index (κ2) is 8.26. The third-order valence-corrected chi connectivity index (χ3v) is 4.52. The number of carbonyl (C=O) groups excluding carboxylic acids is 2. The number of nitrogens with zero attached hydrogens (tertiary/aromatic N) is 1. The first-order chi connectivity index (χ1) is 11.5. The lowest BCUT2D eigenvalue weighted by Gasteiger charge is -2.29. The molecule has 24 heavy (non-hydrogen) atoms. The summed E-state index contributed by atoms with van der Waals surface area (Å²) < 4.78 is 15.4. The molecule has 1 aliphatic heterocycles. The van der Waals surface area contributed by atoms with Crippen molar-refractivity contribution in [3.05, 3.63) is 35.9 Å². The number of rotatable bonds is 6. The van der Waals surface area contributed by atoms with Crippen molar-refractivity contribution in [3.8, 4) is 0 Å². The number of likely N-dealkylation sites (tertiary alicyclic amines) is 1. The molecule has 132 valence electrons. The first kappa shape index (κ1) is 18.4. The van der Waals surface area contributed by atoms with Crippen molar-refractivity contribution in [3.63, 3.8) is 0 Å². The molecule has 0 spiro atoms. The van der Waals surface area contributed by atoms with Crippen LogP contribution in [-0.2, 0) is 23.8 Å². The van der Waals surface area contributed by atoms with Gasteiger partial charge in [0.1, 0.15) is 12.1 Å². The fourth-order valence-corrected chi connectivity index (χ4v) is 2.98. The van der Waals surface area contributed by atoms with Crippen molar-refractivity contribution in [2.45, 2.75) is 44.6 Å². The Morgan fingerprint density at radius 1 is 1.17 bits per heavy atom. The standard InChI is InChI=1S/C18H25NO5/c1-12(14-8-6-5-7-9-14)19-11-15(10-16(19)18(21)23-4)24-17(20)13(2)22-3/h5-9,12-13,15-16H,10-11H2,1-4H3/t12-,13?,15-,16-/m0/s1. The monoisotopic (exact) mass is 335 g/mol. The number of methoxy groups -OCH3 is 2. The lowest BCUT2D eigenvalue weighted by atomic mass is 10.1. The second-order valence-electron chi connectivity index (χ2n) is 5.99. The number of benzene rings is 1. The van der Waals surface area contributed by atoms with Gasteiger partial charge in [-0.2, -0.15) is 0 Å². The SMILES string of the molecule is COC(=O)[C@@H]1C[C@H](OC(=O)C(C)OC)CN1[C@@H](C)c1ccccc1. The zero-order chi connectivity index (χ0) is 17.7. The van der Waals surface area contributed by atoms with Gasteiger partial charge in [0.05, 0.1) is 7.11 Å². The van der Waals surface area contributed by atoms with Crippen LogP contribution in [-0.4, -0.2) is 55.9 Å². The summed E-state index contributed by atoms with van der Waals surface area (Å²) in [4.78, 5) is 26.1. The topological polar surface area (TPSA) is 65.1 Å². The highest BCUT2D eigenvalue weighted by molar-refractivity contribution is 5.77. The minimum absolute atomic E-state index is 0.0128. The Morgan fingerprint density at radius 2 is 1.83 bits per heavy atom. The maximum atomic E-state index is 12.2. The quantitative estimate of drug-likeness (QED) is 0.740. The average molecular weight is 335 g/mol. The Labute approximate surface area is 142 Å². The summed E-state index contributed by atoms with van der Waals surface area (Å²) in [6.07, 6.45) is -0.556. The zero-order valence-electron chi connectivity index (χ0n) is 14.6. The highest BCUT2D eigenvalue weighted by atomic mass is 16.6. The van der Waals surface area contributed by atoms with E-state index >= 15 is 0 Å². The van der Waals surface area contributed by atoms with E-state index < -0.39 is 18.1 Å². The van der Waals surface area contributed by atoms with Crippen molar-refractivity contribution in [2.75, 3.05) is 20.8 Å². The van der Waals surface area contributed by atoms with Gasteiger partial charge in [-0.3, -0.25) is 9.69 Å². The van der Waals surface area contributed by atoms with Crippen LogP contribution in [0.3, 0.4) is 0 Å². The lowest BCUT2D eigenvalue weighted by molar-refractivity contribution is -0.159. The van der Waals surface area contributed by atoms with Gasteiger partial charge in [0.2, 0.25) is 0 Å². The highest BCUT2D eigenvalue weighted by Crippen LogP contribution is 2.31. The van der Waals surface area contributed by atoms with Crippen LogP contribution in [0, 0.1) is 0 Å². The molecule has 2 rings (SSSR count). The van der Waals surface area contributed by atoms with Gasteiger partial charge in [-0.05, 0) is 19.4 Å². The molecule has 1 unspecified atom stereocenters. The predicted octanol–water partition coefficient (Wildman–Crippen LogP) is 1.94. The molecule has 1 aromatic rings. The molecule has 0 radical (unpaired) electrons. The first-order valence-electron chi connectivity index (χ1n) is 8.09. The number of carbonyl (C=O) groups is 2. The summed E-state index contributed by atoms with van der Waals surface area (Å²) in [7, 11) is 2.83. The molecule has 6 nitrogen and oxygen atoms in total. The molecular formula is C18H25NO5. The van der Waals surface area contributed by atoms with E-state index in [0.717, 1.165) is 5.56 Å². The molecule has 0 aromatic heterocycles. The van der Waals surface area contributed by atoms with Crippen LogP contribution < -0.4 is 0 Å². The van der Waals surface area contributed by atoms with Gasteiger partial charge in [-0.25, -0.2) is 4.79 Å². The van der Waals surface area contributed by atoms with Crippen LogP contribution in [0.1, 0.15) is 31.9 Å². The molecule has 0 saturated carbocycles. The molecule has 1 fully saturated rings. The third-order valence-electron chi connectivity index (χ3n) is 4.52. The maximum absolute atomic E-state index is 12.2. The molecule has 4 atom stereocenters. The van der Waals surface area contributed by atoms with Gasteiger partial charge < -0.3 is 14.2 Å². The average Bonchev–Trinajstić information content (AvgIpc) is 3.04. The molecule has 0 N–H and O–H groups in total. The Hall–Kier alpha value is -1.92. The summed E-state index contributed by atoms with van der Waals surface area (Å²) in [5.41, 5.74) is 1.10. The Morgan fingerprint density at radius 3 is 2.42 bits per heavy atom. The molecule has 6 heteroatoms. The molecule has 0 amide bonds. The van der Waals surface area contributed by atoms with E-state index in [4.69, 9.17) is 14.2 Å². The molecule has 0 aliphatic carbocycles. The van der Waals surface area contributed by atoms with Crippen LogP contribution in [0.5, 0.6) is 0 Å². The minimum atomic E-state index is -0.623. The smallest absolute Gasteiger partial charge is 0.335 e. The normalized spacial score (nSPS) is 23.5. The number of ether oxygens (including phenoxy) is 3. The zero-order valence-corrected chi connectivity index (χ0v) is 14.6. The number of hydrogen-bond acceptors (Lipinski definition) is 6. The number of esters is 2. The summed E-state index contributed by atoms with van der Waals surface area (Å²) in [5, 5.41) is 0. The van der Waals surface area contributed by atoms with Gasteiger partial charge in [0, 0.05) is 26.1 Å². The van der Waals surface area contributed by atoms with Crippen LogP contribution in [0.25, 0.3) is 0 Å². The molecule has 0 bridgehead atoms. The van der Waals surface area contributed by atoms with E-state index in [9.17, 15) is 9.59 Å². The summed E-state index contributed by atoms with van der Waals surface area (Å²) in [5.74, 6) is -0.726. The van der Waals surface area contributed by atoms with E-state index in [-0.39, 0.29) is 18.1 Å². The van der Waals surface area contributed by atoms with Crippen molar-refractivity contribution >= 4 is 11.9 Å². The lowest BCUT2D eigenvalue weighted by Crippen LogP contribution is -2.38. The van der Waals surface area contributed by atoms with E-state index in [1.54, 1.807) is 6.92 Å². The Balaban J connectivity index is 2.13. The fourth-order valence-electron chi connectivity index (χ4n) is 2.98. The van der Waals surface area contributed by atoms with Gasteiger partial charge in [0.25, 0.3) is 0 Å². The van der Waals surface area contributed by atoms with Crippen molar-refractivity contribution < 1.29 is 23.8 Å². The van der Waals surface area contributed by atoms with Gasteiger partial charge in [-0.1, -0.05) is 30.3 Å². The van der Waals surface area contributed by atoms with Crippen LogP contribution in [0.4, 0.5) is 0 Å². The van der Waals surface area contributed by atoms with Gasteiger partial charge >= 0.3 is 11.9 Å². The summed E-state index contributed by atoms with van der Waals surface area (Å²) in [6, 6.07) is 9.50. The highest BCUT2D eigenvalue weighted by Gasteiger charge is 2.42. The van der Waals surface area contributed by atoms with E-state index in [1.807, 2.05) is 42.2 Å². The van der Waals surface area contributed by atoms with Gasteiger partial charge in [0.15, 0.2) is 6.10 Å². The molecule has 1 aliphatic rings. The van der Waals surface area contributed by atoms with Crippen molar-refractivity contribution in [1.29, 1.82) is 0 Å². The van der Waals surface area contributed by atoms with E-state index in [2.05, 4.69) is 0 Å². The molecule has 1 heterocycles. The van der Waals surface area contributed by atoms with Crippen molar-refractivity contribution in [2.24, 2.45) is 0 Å². The third kappa shape index (κ3) is 4.13. The van der Waals surface area contributed by atoms with Gasteiger partial charge in [-0.15, -0.1) is 0 Å². The summed E-state index contributed by atoms with van der Waals surface area (Å²) in [6.45, 7) is 4.16. The summed E-state index contributed by atoms with van der Waals surface area (Å²) >= 11 is 0. The van der Waals surface area contributed by atoms with Crippen LogP contribution >= 0.6 is 0 Å². The molecule has 1 saturated heterocycles. The molecular weight excluding hydrogens is 310 g/mol. The minimum Gasteiger partial charge on any atom is -0.468 e. The largest absolute Gasteiger partial charge is 0.468 e. The van der Waals surface area contributed by atoms with E-state index in [1.165, 1.54) is 14.2 Å². The first-order valence-corrected chi connectivity index (χ1v) is 8.09. The number of hydrogen-bond donors (Lipinski definition) is 0. The van der Waals surface area contributed by atoms with Crippen LogP contribution in [0.2, 0.25) is 0 Å². The predicted molar refractivity (Wildman–Crippen MR) is 88.3 cm³/mol. The van der Waals surface area contributed by atoms with Crippen molar-refractivity contribution in [1.82, 2.24) is 4.90 Å². The maximum Gasteiger partial charge on any atom is 0.335 e. The Bertz CT molecular complexity index is 562. The van der Waals surface area contributed by atoms with Crippen LogP contribution in [0.15, 0.2) is 30.3 Å².